The Morgan fingerprint density at radius 3 is 2.83 bits per heavy atom. The van der Waals surface area contributed by atoms with Crippen molar-refractivity contribution in [1.29, 1.82) is 0 Å². The van der Waals surface area contributed by atoms with E-state index in [9.17, 15) is 4.79 Å². The molecule has 1 aliphatic rings. The van der Waals surface area contributed by atoms with Crippen LogP contribution in [0.3, 0.4) is 0 Å². The number of benzene rings is 1. The molecule has 1 amide bonds. The SMILES string of the molecule is CC(=O)NCCc1nc2ccccc2n1CCC1CCCCC1. The molecule has 0 radical (unpaired) electrons. The summed E-state index contributed by atoms with van der Waals surface area (Å²) in [5.74, 6) is 1.98. The summed E-state index contributed by atoms with van der Waals surface area (Å²) in [4.78, 5) is 15.9. The summed E-state index contributed by atoms with van der Waals surface area (Å²) in [6.07, 6.45) is 9.00. The highest BCUT2D eigenvalue weighted by Crippen LogP contribution is 2.27. The molecule has 0 aliphatic heterocycles. The molecule has 0 saturated heterocycles. The maximum atomic E-state index is 11.1. The normalized spacial score (nSPS) is 15.9. The van der Waals surface area contributed by atoms with Crippen molar-refractivity contribution in [3.63, 3.8) is 0 Å². The number of hydrogen-bond acceptors (Lipinski definition) is 2. The van der Waals surface area contributed by atoms with E-state index in [0.29, 0.717) is 6.54 Å². The maximum absolute atomic E-state index is 11.1. The third-order valence-electron chi connectivity index (χ3n) is 4.94. The van der Waals surface area contributed by atoms with E-state index in [1.165, 1.54) is 44.0 Å². The van der Waals surface area contributed by atoms with Crippen LogP contribution in [0.1, 0.15) is 51.3 Å². The molecule has 1 aromatic heterocycles. The molecule has 124 valence electrons. The van der Waals surface area contributed by atoms with Gasteiger partial charge in [-0.05, 0) is 24.5 Å². The summed E-state index contributed by atoms with van der Waals surface area (Å²) in [6.45, 7) is 3.26. The van der Waals surface area contributed by atoms with Crippen LogP contribution in [0.2, 0.25) is 0 Å². The van der Waals surface area contributed by atoms with Crippen LogP contribution in [-0.2, 0) is 17.8 Å². The summed E-state index contributed by atoms with van der Waals surface area (Å²) in [5.41, 5.74) is 2.29. The number of rotatable bonds is 6. The smallest absolute Gasteiger partial charge is 0.216 e. The van der Waals surface area contributed by atoms with Crippen molar-refractivity contribution in [2.24, 2.45) is 5.92 Å². The van der Waals surface area contributed by atoms with Gasteiger partial charge in [0.05, 0.1) is 11.0 Å². The lowest BCUT2D eigenvalue weighted by molar-refractivity contribution is -0.118. The average molecular weight is 313 g/mol. The van der Waals surface area contributed by atoms with Gasteiger partial charge >= 0.3 is 0 Å². The van der Waals surface area contributed by atoms with Gasteiger partial charge in [0.25, 0.3) is 0 Å². The molecular formula is C19H27N3O. The van der Waals surface area contributed by atoms with E-state index >= 15 is 0 Å². The lowest BCUT2D eigenvalue weighted by Crippen LogP contribution is -2.23. The van der Waals surface area contributed by atoms with Crippen LogP contribution in [0.5, 0.6) is 0 Å². The van der Waals surface area contributed by atoms with Crippen LogP contribution in [0.4, 0.5) is 0 Å². The number of nitrogens with one attached hydrogen (secondary N) is 1. The second-order valence-electron chi connectivity index (χ2n) is 6.69. The summed E-state index contributed by atoms with van der Waals surface area (Å²) in [7, 11) is 0. The molecule has 4 nitrogen and oxygen atoms in total. The lowest BCUT2D eigenvalue weighted by atomic mass is 9.87. The Kier molecular flexibility index (Phi) is 5.31. The average Bonchev–Trinajstić information content (AvgIpc) is 2.91. The van der Waals surface area contributed by atoms with Crippen LogP contribution in [0.25, 0.3) is 11.0 Å². The summed E-state index contributed by atoms with van der Waals surface area (Å²) in [5, 5.41) is 2.88. The second-order valence-corrected chi connectivity index (χ2v) is 6.69. The fourth-order valence-corrected chi connectivity index (χ4v) is 3.70. The van der Waals surface area contributed by atoms with E-state index in [1.807, 2.05) is 6.07 Å². The Labute approximate surface area is 138 Å². The predicted octanol–water partition coefficient (Wildman–Crippen LogP) is 3.69. The van der Waals surface area contributed by atoms with E-state index in [-0.39, 0.29) is 5.91 Å². The van der Waals surface area contributed by atoms with Gasteiger partial charge in [-0.15, -0.1) is 0 Å². The van der Waals surface area contributed by atoms with Crippen LogP contribution in [-0.4, -0.2) is 22.0 Å². The molecule has 1 saturated carbocycles. The van der Waals surface area contributed by atoms with Gasteiger partial charge in [-0.2, -0.15) is 0 Å². The van der Waals surface area contributed by atoms with Crippen molar-refractivity contribution in [3.05, 3.63) is 30.1 Å². The number of fused-ring (bicyclic) bond motifs is 1. The standard InChI is InChI=1S/C19H27N3O/c1-15(23)20-13-11-19-21-17-9-5-6-10-18(17)22(19)14-12-16-7-3-2-4-8-16/h5-6,9-10,16H,2-4,7-8,11-14H2,1H3,(H,20,23). The topological polar surface area (TPSA) is 46.9 Å². The van der Waals surface area contributed by atoms with Crippen molar-refractivity contribution in [2.45, 2.75) is 58.4 Å². The van der Waals surface area contributed by atoms with Crippen molar-refractivity contribution in [1.82, 2.24) is 14.9 Å². The quantitative estimate of drug-likeness (QED) is 0.884. The minimum atomic E-state index is 0.0230. The minimum absolute atomic E-state index is 0.0230. The number of imidazole rings is 1. The van der Waals surface area contributed by atoms with Crippen LogP contribution < -0.4 is 5.32 Å². The molecule has 2 aromatic rings. The number of aryl methyl sites for hydroxylation is 1. The van der Waals surface area contributed by atoms with Gasteiger partial charge in [-0.25, -0.2) is 4.98 Å². The third-order valence-corrected chi connectivity index (χ3v) is 4.94. The Balaban J connectivity index is 1.73. The van der Waals surface area contributed by atoms with Gasteiger partial charge in [0.1, 0.15) is 5.82 Å². The fraction of sp³-hybridized carbons (Fsp3) is 0.579. The van der Waals surface area contributed by atoms with Crippen molar-refractivity contribution >= 4 is 16.9 Å². The maximum Gasteiger partial charge on any atom is 0.216 e. The molecule has 1 aromatic carbocycles. The Morgan fingerprint density at radius 2 is 2.04 bits per heavy atom. The third kappa shape index (κ3) is 4.12. The monoisotopic (exact) mass is 313 g/mol. The number of carbonyl (C=O) groups is 1. The van der Waals surface area contributed by atoms with Crippen LogP contribution >= 0.6 is 0 Å². The fourth-order valence-electron chi connectivity index (χ4n) is 3.70. The van der Waals surface area contributed by atoms with E-state index in [2.05, 4.69) is 28.1 Å². The first-order chi connectivity index (χ1) is 11.2. The molecule has 0 spiro atoms. The molecule has 1 heterocycles. The number of carbonyl (C=O) groups excluding carboxylic acids is 1. The summed E-state index contributed by atoms with van der Waals surface area (Å²) >= 11 is 0. The van der Waals surface area contributed by atoms with Gasteiger partial charge < -0.3 is 9.88 Å². The number of aromatic nitrogens is 2. The molecule has 0 unspecified atom stereocenters. The summed E-state index contributed by atoms with van der Waals surface area (Å²) < 4.78 is 2.37. The van der Waals surface area contributed by atoms with Gasteiger partial charge in [0.15, 0.2) is 0 Å². The van der Waals surface area contributed by atoms with E-state index < -0.39 is 0 Å². The molecule has 1 N–H and O–H groups in total. The van der Waals surface area contributed by atoms with Crippen molar-refractivity contribution < 1.29 is 4.79 Å². The minimum Gasteiger partial charge on any atom is -0.356 e. The Hall–Kier alpha value is -1.84. The number of hydrogen-bond donors (Lipinski definition) is 1. The van der Waals surface area contributed by atoms with Crippen molar-refractivity contribution in [3.8, 4) is 0 Å². The molecule has 3 rings (SSSR count). The van der Waals surface area contributed by atoms with Gasteiger partial charge in [0.2, 0.25) is 5.91 Å². The molecule has 4 heteroatoms. The molecule has 0 atom stereocenters. The van der Waals surface area contributed by atoms with Crippen LogP contribution in [0.15, 0.2) is 24.3 Å². The first-order valence-electron chi connectivity index (χ1n) is 8.92. The van der Waals surface area contributed by atoms with E-state index in [4.69, 9.17) is 4.98 Å². The predicted molar refractivity (Wildman–Crippen MR) is 93.3 cm³/mol. The zero-order chi connectivity index (χ0) is 16.1. The van der Waals surface area contributed by atoms with E-state index in [0.717, 1.165) is 30.2 Å². The number of amides is 1. The zero-order valence-electron chi connectivity index (χ0n) is 14.1. The molecular weight excluding hydrogens is 286 g/mol. The van der Waals surface area contributed by atoms with Gasteiger partial charge in [-0.3, -0.25) is 4.79 Å². The van der Waals surface area contributed by atoms with Crippen molar-refractivity contribution in [2.75, 3.05) is 6.54 Å². The number of nitrogens with zero attached hydrogens (tertiary/aromatic N) is 2. The molecule has 1 fully saturated rings. The molecule has 23 heavy (non-hydrogen) atoms. The number of para-hydroxylation sites is 2. The first-order valence-corrected chi connectivity index (χ1v) is 8.92. The Bertz CT molecular complexity index is 656. The highest BCUT2D eigenvalue weighted by molar-refractivity contribution is 5.76. The highest BCUT2D eigenvalue weighted by Gasteiger charge is 2.16. The first kappa shape index (κ1) is 16.0. The Morgan fingerprint density at radius 1 is 1.26 bits per heavy atom. The second kappa shape index (κ2) is 7.62. The van der Waals surface area contributed by atoms with Gasteiger partial charge in [0, 0.05) is 26.4 Å². The zero-order valence-corrected chi connectivity index (χ0v) is 14.1. The van der Waals surface area contributed by atoms with Crippen LogP contribution in [0, 0.1) is 5.92 Å². The van der Waals surface area contributed by atoms with Gasteiger partial charge in [-0.1, -0.05) is 44.2 Å². The highest BCUT2D eigenvalue weighted by atomic mass is 16.1. The largest absolute Gasteiger partial charge is 0.356 e. The summed E-state index contributed by atoms with van der Waals surface area (Å²) in [6, 6.07) is 8.36. The van der Waals surface area contributed by atoms with E-state index in [1.54, 1.807) is 6.92 Å². The molecule has 0 bridgehead atoms. The lowest BCUT2D eigenvalue weighted by Gasteiger charge is -2.22. The molecule has 1 aliphatic carbocycles.